The molecule has 0 fully saturated rings. The molecular weight excluding hydrogens is 1010 g/mol. The number of ether oxygens (including phenoxy) is 3. The fourth-order valence-electron chi connectivity index (χ4n) is 8.86. The summed E-state index contributed by atoms with van der Waals surface area (Å²) in [6.07, 6.45) is 99.8. The molecule has 6 nitrogen and oxygen atoms in total. The molecule has 0 saturated carbocycles. The zero-order chi connectivity index (χ0) is 59.2. The van der Waals surface area contributed by atoms with E-state index < -0.39 is 6.10 Å². The molecule has 462 valence electrons. The summed E-state index contributed by atoms with van der Waals surface area (Å²) in [6, 6.07) is 0. The van der Waals surface area contributed by atoms with Gasteiger partial charge in [0.1, 0.15) is 13.2 Å². The average Bonchev–Trinajstić information content (AvgIpc) is 3.47. The van der Waals surface area contributed by atoms with E-state index in [1.54, 1.807) is 0 Å². The highest BCUT2D eigenvalue weighted by atomic mass is 16.6. The number of rotatable bonds is 59. The van der Waals surface area contributed by atoms with Crippen LogP contribution in [0.15, 0.2) is 158 Å². The van der Waals surface area contributed by atoms with Crippen LogP contribution in [0.4, 0.5) is 0 Å². The number of allylic oxidation sites excluding steroid dienone is 26. The van der Waals surface area contributed by atoms with E-state index in [2.05, 4.69) is 173 Å². The fourth-order valence-corrected chi connectivity index (χ4v) is 8.86. The lowest BCUT2D eigenvalue weighted by Crippen LogP contribution is -2.30. The third-order valence-corrected chi connectivity index (χ3v) is 13.8. The van der Waals surface area contributed by atoms with Crippen molar-refractivity contribution in [2.45, 2.75) is 290 Å². The van der Waals surface area contributed by atoms with Crippen LogP contribution in [0.5, 0.6) is 0 Å². The maximum atomic E-state index is 12.9. The molecule has 0 aliphatic rings. The number of carbonyl (C=O) groups is 3. The fraction of sp³-hybridized carbons (Fsp3) is 0.618. The van der Waals surface area contributed by atoms with Gasteiger partial charge >= 0.3 is 17.9 Å². The van der Waals surface area contributed by atoms with Crippen LogP contribution in [0, 0.1) is 0 Å². The minimum Gasteiger partial charge on any atom is -0.462 e. The average molecular weight is 1130 g/mol. The first-order chi connectivity index (χ1) is 40.5. The van der Waals surface area contributed by atoms with Gasteiger partial charge in [-0.3, -0.25) is 14.4 Å². The van der Waals surface area contributed by atoms with Crippen molar-refractivity contribution >= 4 is 17.9 Å². The van der Waals surface area contributed by atoms with Gasteiger partial charge in [-0.2, -0.15) is 0 Å². The third kappa shape index (κ3) is 65.8. The van der Waals surface area contributed by atoms with Gasteiger partial charge in [0.25, 0.3) is 0 Å². The summed E-state index contributed by atoms with van der Waals surface area (Å²) in [7, 11) is 0. The number of hydrogen-bond acceptors (Lipinski definition) is 6. The second kappa shape index (κ2) is 68.5. The first-order valence-corrected chi connectivity index (χ1v) is 33.5. The number of hydrogen-bond donors (Lipinski definition) is 0. The van der Waals surface area contributed by atoms with Crippen LogP contribution in [0.1, 0.15) is 284 Å². The van der Waals surface area contributed by atoms with Crippen molar-refractivity contribution in [2.24, 2.45) is 0 Å². The Morgan fingerprint density at radius 3 is 0.817 bits per heavy atom. The van der Waals surface area contributed by atoms with E-state index in [-0.39, 0.29) is 37.5 Å². The van der Waals surface area contributed by atoms with Gasteiger partial charge in [0.2, 0.25) is 0 Å². The molecule has 0 amide bonds. The molecule has 0 rings (SSSR count). The minimum absolute atomic E-state index is 0.123. The smallest absolute Gasteiger partial charge is 0.306 e. The minimum atomic E-state index is -0.831. The summed E-state index contributed by atoms with van der Waals surface area (Å²) < 4.78 is 16.9. The van der Waals surface area contributed by atoms with E-state index in [1.807, 2.05) is 6.08 Å². The van der Waals surface area contributed by atoms with E-state index in [9.17, 15) is 14.4 Å². The predicted molar refractivity (Wildman–Crippen MR) is 357 cm³/mol. The van der Waals surface area contributed by atoms with Gasteiger partial charge in [0.15, 0.2) is 6.10 Å². The topological polar surface area (TPSA) is 78.9 Å². The summed E-state index contributed by atoms with van der Waals surface area (Å²) in [5.74, 6) is -1.04. The predicted octanol–water partition coefficient (Wildman–Crippen LogP) is 23.3. The summed E-state index contributed by atoms with van der Waals surface area (Å²) in [5, 5.41) is 0. The van der Waals surface area contributed by atoms with Gasteiger partial charge in [-0.05, 0) is 116 Å². The van der Waals surface area contributed by atoms with Crippen LogP contribution < -0.4 is 0 Å². The Labute approximate surface area is 505 Å². The molecule has 1 atom stereocenters. The Morgan fingerprint density at radius 1 is 0.256 bits per heavy atom. The molecular formula is C76H122O6. The molecule has 0 radical (unpaired) electrons. The van der Waals surface area contributed by atoms with E-state index in [1.165, 1.54) is 109 Å². The number of carbonyl (C=O) groups excluding carboxylic acids is 3. The second-order valence-corrected chi connectivity index (χ2v) is 21.6. The molecule has 82 heavy (non-hydrogen) atoms. The SMILES string of the molecule is CC/C=C\C/C=C\C/C=C\C/C=C\C/C=C\C/C=C\C/C=C\CCCCCC(=O)OCC(COC(=O)CC/C=C\C/C=C\C/C=C\C/C=C\C/C=C\C/C=C\CC)OC(=O)CCCCCCCCCCCCCCCCCCCCCC. The zero-order valence-corrected chi connectivity index (χ0v) is 52.9. The van der Waals surface area contributed by atoms with Gasteiger partial charge in [-0.25, -0.2) is 0 Å². The van der Waals surface area contributed by atoms with E-state index in [4.69, 9.17) is 14.2 Å². The Morgan fingerprint density at radius 2 is 0.500 bits per heavy atom. The molecule has 0 N–H and O–H groups in total. The largest absolute Gasteiger partial charge is 0.462 e. The van der Waals surface area contributed by atoms with Crippen LogP contribution in [0.2, 0.25) is 0 Å². The highest BCUT2D eigenvalue weighted by Gasteiger charge is 2.19. The van der Waals surface area contributed by atoms with Gasteiger partial charge in [-0.1, -0.05) is 307 Å². The lowest BCUT2D eigenvalue weighted by Gasteiger charge is -2.18. The monoisotopic (exact) mass is 1130 g/mol. The Hall–Kier alpha value is -4.97. The summed E-state index contributed by atoms with van der Waals surface area (Å²) in [4.78, 5) is 38.4. The molecule has 0 heterocycles. The van der Waals surface area contributed by atoms with Crippen LogP contribution in [0.25, 0.3) is 0 Å². The standard InChI is InChI=1S/C76H122O6/c1-4-7-10-13-16-19-22-25-28-31-34-36-37-38-39-40-43-45-48-51-54-57-60-63-66-69-75(78)81-72-73(71-80-74(77)68-65-62-59-56-53-50-47-44-41-33-30-27-24-21-18-15-12-9-6-3)82-76(79)70-67-64-61-58-55-52-49-46-42-35-32-29-26-23-20-17-14-11-8-5-2/h7,9-10,12,16,18-19,21,25,27-28,30,34,36,38-39,41,43-45,50-51,53-54,59,62,73H,4-6,8,11,13-15,17,20,22-24,26,29,31-33,35,37,40,42,46-49,52,55-58,60-61,63-72H2,1-3H3/b10-7-,12-9-,19-16-,21-18-,28-25-,30-27-,36-34-,39-38-,44-41-,45-43-,53-50-,54-51-,62-59-. The van der Waals surface area contributed by atoms with Crippen molar-refractivity contribution in [2.75, 3.05) is 13.2 Å². The molecule has 0 bridgehead atoms. The van der Waals surface area contributed by atoms with Crippen LogP contribution >= 0.6 is 0 Å². The Kier molecular flexibility index (Phi) is 64.4. The molecule has 6 heteroatoms. The highest BCUT2D eigenvalue weighted by Crippen LogP contribution is 2.16. The maximum Gasteiger partial charge on any atom is 0.306 e. The number of unbranched alkanes of at least 4 members (excludes halogenated alkanes) is 22. The van der Waals surface area contributed by atoms with Crippen molar-refractivity contribution in [1.82, 2.24) is 0 Å². The van der Waals surface area contributed by atoms with Crippen LogP contribution in [0.3, 0.4) is 0 Å². The van der Waals surface area contributed by atoms with Gasteiger partial charge < -0.3 is 14.2 Å². The van der Waals surface area contributed by atoms with Gasteiger partial charge in [0.05, 0.1) is 0 Å². The normalized spacial score (nSPS) is 13.2. The Bertz CT molecular complexity index is 1830. The lowest BCUT2D eigenvalue weighted by atomic mass is 10.0. The highest BCUT2D eigenvalue weighted by molar-refractivity contribution is 5.71. The van der Waals surface area contributed by atoms with Crippen LogP contribution in [-0.2, 0) is 28.6 Å². The molecule has 0 aromatic heterocycles. The summed E-state index contributed by atoms with van der Waals surface area (Å²) >= 11 is 0. The second-order valence-electron chi connectivity index (χ2n) is 21.6. The Balaban J connectivity index is 4.55. The third-order valence-electron chi connectivity index (χ3n) is 13.8. The molecule has 0 aromatic carbocycles. The zero-order valence-electron chi connectivity index (χ0n) is 52.9. The van der Waals surface area contributed by atoms with Gasteiger partial charge in [0, 0.05) is 19.3 Å². The van der Waals surface area contributed by atoms with Crippen molar-refractivity contribution in [1.29, 1.82) is 0 Å². The molecule has 0 aliphatic heterocycles. The first-order valence-electron chi connectivity index (χ1n) is 33.5. The maximum absolute atomic E-state index is 12.9. The summed E-state index contributed by atoms with van der Waals surface area (Å²) in [6.45, 7) is 6.34. The molecule has 0 aliphatic carbocycles. The van der Waals surface area contributed by atoms with Crippen molar-refractivity contribution in [3.05, 3.63) is 158 Å². The first kappa shape index (κ1) is 77.0. The molecule has 0 spiro atoms. The molecule has 0 aromatic rings. The molecule has 1 unspecified atom stereocenters. The number of esters is 3. The molecule has 0 saturated heterocycles. The summed E-state index contributed by atoms with van der Waals surface area (Å²) in [5.41, 5.74) is 0. The van der Waals surface area contributed by atoms with E-state index >= 15 is 0 Å². The van der Waals surface area contributed by atoms with Gasteiger partial charge in [-0.15, -0.1) is 0 Å². The van der Waals surface area contributed by atoms with Crippen molar-refractivity contribution < 1.29 is 28.6 Å². The quantitative estimate of drug-likeness (QED) is 0.0261. The van der Waals surface area contributed by atoms with E-state index in [0.717, 1.165) is 128 Å². The lowest BCUT2D eigenvalue weighted by molar-refractivity contribution is -0.166. The van der Waals surface area contributed by atoms with Crippen LogP contribution in [-0.4, -0.2) is 37.2 Å². The van der Waals surface area contributed by atoms with E-state index in [0.29, 0.717) is 19.3 Å². The van der Waals surface area contributed by atoms with Crippen molar-refractivity contribution in [3.8, 4) is 0 Å². The van der Waals surface area contributed by atoms with Crippen molar-refractivity contribution in [3.63, 3.8) is 0 Å².